The molecule has 2 atom stereocenters. The largest absolute Gasteiger partial charge is 0.481 e. The van der Waals surface area contributed by atoms with Crippen LogP contribution < -0.4 is 11.1 Å². The summed E-state index contributed by atoms with van der Waals surface area (Å²) < 4.78 is 30.2. The van der Waals surface area contributed by atoms with Crippen LogP contribution in [0.15, 0.2) is 38.8 Å². The van der Waals surface area contributed by atoms with E-state index < -0.39 is 39.5 Å². The third-order valence-corrected chi connectivity index (χ3v) is 7.32. The summed E-state index contributed by atoms with van der Waals surface area (Å²) in [6.07, 6.45) is -0.270. The van der Waals surface area contributed by atoms with E-state index in [1.54, 1.807) is 24.3 Å². The average molecular weight is 492 g/mol. The van der Waals surface area contributed by atoms with Crippen LogP contribution >= 0.6 is 0 Å². The van der Waals surface area contributed by atoms with Crippen LogP contribution in [0.5, 0.6) is 0 Å². The van der Waals surface area contributed by atoms with E-state index in [4.69, 9.17) is 20.5 Å². The first-order valence-electron chi connectivity index (χ1n) is 10.3. The van der Waals surface area contributed by atoms with Gasteiger partial charge >= 0.3 is 5.97 Å². The van der Waals surface area contributed by atoms with E-state index in [2.05, 4.69) is 15.6 Å². The summed E-state index contributed by atoms with van der Waals surface area (Å²) >= 11 is 0. The van der Waals surface area contributed by atoms with Crippen LogP contribution in [0.3, 0.4) is 0 Å². The summed E-state index contributed by atoms with van der Waals surface area (Å²) in [5.41, 5.74) is 7.56. The van der Waals surface area contributed by atoms with Crippen molar-refractivity contribution in [3.63, 3.8) is 0 Å². The van der Waals surface area contributed by atoms with Gasteiger partial charge in [-0.05, 0) is 19.4 Å². The van der Waals surface area contributed by atoms with E-state index >= 15 is 0 Å². The zero-order valence-electron chi connectivity index (χ0n) is 18.6. The maximum Gasteiger partial charge on any atom is 0.309 e. The number of nitrogens with two attached hydrogens (primary N) is 1. The number of carboxylic acids is 1. The molecule has 0 radical (unpaired) electrons. The lowest BCUT2D eigenvalue weighted by Crippen LogP contribution is -2.38. The number of hydrogen-bond donors (Lipinski definition) is 4. The van der Waals surface area contributed by atoms with Gasteiger partial charge in [-0.25, -0.2) is 8.42 Å². The molecule has 12 nitrogen and oxygen atoms in total. The van der Waals surface area contributed by atoms with Crippen molar-refractivity contribution in [1.29, 1.82) is 5.41 Å². The molecule has 3 rings (SSSR count). The Balaban J connectivity index is 1.53. The quantitative estimate of drug-likeness (QED) is 0.273. The summed E-state index contributed by atoms with van der Waals surface area (Å²) in [6.45, 7) is 2.51. The van der Waals surface area contributed by atoms with Crippen LogP contribution in [0.1, 0.15) is 35.4 Å². The second kappa shape index (κ2) is 10.0. The number of amides is 1. The zero-order chi connectivity index (χ0) is 25.0. The van der Waals surface area contributed by atoms with Gasteiger partial charge in [-0.1, -0.05) is 34.6 Å². The number of aryl methyl sites for hydroxylation is 2. The number of oxime groups is 1. The van der Waals surface area contributed by atoms with Gasteiger partial charge in [0, 0.05) is 18.5 Å². The second-order valence-corrected chi connectivity index (χ2v) is 9.91. The molecular formula is C21H25N5O7S. The second-order valence-electron chi connectivity index (χ2n) is 7.94. The highest BCUT2D eigenvalue weighted by atomic mass is 32.2. The Morgan fingerprint density at radius 1 is 1.29 bits per heavy atom. The molecule has 2 heterocycles. The monoisotopic (exact) mass is 491 g/mol. The fourth-order valence-corrected chi connectivity index (χ4v) is 5.47. The van der Waals surface area contributed by atoms with Crippen LogP contribution in [-0.4, -0.2) is 60.5 Å². The van der Waals surface area contributed by atoms with Gasteiger partial charge in [0.1, 0.15) is 16.8 Å². The molecule has 1 aromatic carbocycles. The SMILES string of the molecule is Cc1noc(C)c1S(=O)(=O)C[C@H](CNC(=O)C[C@H]1CC(c2ccc(C(=N)N)cc2)=NO1)C(=O)O. The van der Waals surface area contributed by atoms with Crippen molar-refractivity contribution in [3.8, 4) is 0 Å². The summed E-state index contributed by atoms with van der Waals surface area (Å²) in [7, 11) is -3.99. The molecule has 0 aliphatic carbocycles. The third-order valence-electron chi connectivity index (χ3n) is 5.27. The van der Waals surface area contributed by atoms with Crippen LogP contribution in [0.4, 0.5) is 0 Å². The maximum atomic E-state index is 12.7. The van der Waals surface area contributed by atoms with Crippen molar-refractivity contribution in [2.45, 2.75) is 37.7 Å². The van der Waals surface area contributed by atoms with Gasteiger partial charge in [-0.3, -0.25) is 15.0 Å². The molecule has 0 saturated heterocycles. The molecule has 1 aromatic heterocycles. The van der Waals surface area contributed by atoms with Gasteiger partial charge in [-0.2, -0.15) is 0 Å². The summed E-state index contributed by atoms with van der Waals surface area (Å²) in [5, 5.41) is 27.0. The van der Waals surface area contributed by atoms with Gasteiger partial charge in [0.25, 0.3) is 0 Å². The predicted molar refractivity (Wildman–Crippen MR) is 120 cm³/mol. The number of aromatic nitrogens is 1. The number of sulfone groups is 1. The normalized spacial score (nSPS) is 16.4. The number of hydrogen-bond acceptors (Lipinski definition) is 9. The number of carboxylic acid groups (broad SMARTS) is 1. The van der Waals surface area contributed by atoms with E-state index in [9.17, 15) is 23.1 Å². The Morgan fingerprint density at radius 3 is 2.53 bits per heavy atom. The Bertz CT molecular complexity index is 1220. The van der Waals surface area contributed by atoms with Crippen molar-refractivity contribution in [2.75, 3.05) is 12.3 Å². The molecule has 1 aliphatic rings. The van der Waals surface area contributed by atoms with E-state index in [0.29, 0.717) is 17.7 Å². The van der Waals surface area contributed by atoms with Gasteiger partial charge in [-0.15, -0.1) is 0 Å². The van der Waals surface area contributed by atoms with Crippen molar-refractivity contribution >= 4 is 33.3 Å². The Morgan fingerprint density at radius 2 is 1.97 bits per heavy atom. The minimum absolute atomic E-state index is 0.0510. The van der Waals surface area contributed by atoms with Crippen LogP contribution in [0, 0.1) is 25.2 Å². The highest BCUT2D eigenvalue weighted by Crippen LogP contribution is 2.23. The lowest BCUT2D eigenvalue weighted by molar-refractivity contribution is -0.140. The van der Waals surface area contributed by atoms with Gasteiger partial charge in [0.05, 0.1) is 29.5 Å². The number of carbonyl (C=O) groups is 2. The molecule has 34 heavy (non-hydrogen) atoms. The summed E-state index contributed by atoms with van der Waals surface area (Å²) in [6, 6.07) is 6.86. The van der Waals surface area contributed by atoms with Crippen LogP contribution in [0.25, 0.3) is 0 Å². The van der Waals surface area contributed by atoms with Crippen LogP contribution in [0.2, 0.25) is 0 Å². The molecule has 182 valence electrons. The van der Waals surface area contributed by atoms with Crippen molar-refractivity contribution in [2.24, 2.45) is 16.8 Å². The van der Waals surface area contributed by atoms with E-state index in [1.807, 2.05) is 0 Å². The third kappa shape index (κ3) is 5.78. The van der Waals surface area contributed by atoms with Crippen molar-refractivity contribution in [1.82, 2.24) is 10.5 Å². The number of nitrogen functional groups attached to an aromatic ring is 1. The topological polar surface area (TPSA) is 198 Å². The highest BCUT2D eigenvalue weighted by molar-refractivity contribution is 7.91. The molecule has 0 bridgehead atoms. The first-order chi connectivity index (χ1) is 16.0. The number of nitrogens with one attached hydrogen (secondary N) is 2. The number of carbonyl (C=O) groups excluding carboxylic acids is 1. The smallest absolute Gasteiger partial charge is 0.309 e. The Kier molecular flexibility index (Phi) is 7.35. The summed E-state index contributed by atoms with van der Waals surface area (Å²) in [4.78, 5) is 29.1. The minimum atomic E-state index is -3.99. The van der Waals surface area contributed by atoms with E-state index in [1.165, 1.54) is 13.8 Å². The fraction of sp³-hybridized carbons (Fsp3) is 0.381. The van der Waals surface area contributed by atoms with E-state index in [0.717, 1.165) is 5.56 Å². The molecule has 0 saturated carbocycles. The number of amidine groups is 1. The maximum absolute atomic E-state index is 12.7. The number of aliphatic carboxylic acids is 1. The van der Waals surface area contributed by atoms with Gasteiger partial charge < -0.3 is 25.5 Å². The first-order valence-corrected chi connectivity index (χ1v) is 12.0. The molecule has 1 amide bonds. The summed E-state index contributed by atoms with van der Waals surface area (Å²) in [5.74, 6) is -3.89. The number of nitrogens with zero attached hydrogens (tertiary/aromatic N) is 2. The molecular weight excluding hydrogens is 466 g/mol. The van der Waals surface area contributed by atoms with Crippen LogP contribution in [-0.2, 0) is 24.3 Å². The minimum Gasteiger partial charge on any atom is -0.481 e. The first kappa shape index (κ1) is 24.9. The molecule has 0 unspecified atom stereocenters. The Hall–Kier alpha value is -3.74. The fourth-order valence-electron chi connectivity index (χ4n) is 3.55. The number of benzene rings is 1. The molecule has 5 N–H and O–H groups in total. The average Bonchev–Trinajstić information content (AvgIpc) is 3.37. The zero-order valence-corrected chi connectivity index (χ0v) is 19.4. The molecule has 0 spiro atoms. The highest BCUT2D eigenvalue weighted by Gasteiger charge is 2.32. The van der Waals surface area contributed by atoms with Crippen molar-refractivity contribution in [3.05, 3.63) is 46.8 Å². The standard InChI is InChI=1S/C21H25N5O7S/c1-11-19(12(2)32-25-11)34(30,31)10-15(21(28)29)9-24-18(27)8-16-7-17(26-33-16)13-3-5-14(6-4-13)20(22)23/h3-6,15-16H,7-10H2,1-2H3,(H3,22,23)(H,24,27)(H,28,29)/t15-,16+/m0/s1. The van der Waals surface area contributed by atoms with Gasteiger partial charge in [0.15, 0.2) is 15.6 Å². The van der Waals surface area contributed by atoms with Crippen molar-refractivity contribution < 1.29 is 32.5 Å². The number of rotatable bonds is 10. The molecule has 13 heteroatoms. The lowest BCUT2D eigenvalue weighted by atomic mass is 10.0. The molecule has 1 aliphatic heterocycles. The van der Waals surface area contributed by atoms with Gasteiger partial charge in [0.2, 0.25) is 5.91 Å². The van der Waals surface area contributed by atoms with E-state index in [-0.39, 0.29) is 35.2 Å². The predicted octanol–water partition coefficient (Wildman–Crippen LogP) is 0.750. The Labute approximate surface area is 195 Å². The lowest BCUT2D eigenvalue weighted by Gasteiger charge is -2.15. The molecule has 0 fully saturated rings. The molecule has 2 aromatic rings.